The SMILES string of the molecule is CC(=O)Nc1ccc(NC(=O)[C@@H]2CCCN(C(=O)c3cc(-c4cccnc4)n[nH]3)C2)cc1. The lowest BCUT2D eigenvalue weighted by molar-refractivity contribution is -0.121. The Morgan fingerprint density at radius 2 is 1.84 bits per heavy atom. The molecule has 0 unspecified atom stereocenters. The number of anilines is 2. The maximum atomic E-state index is 13.0. The number of rotatable bonds is 5. The Bertz CT molecular complexity index is 1110. The molecule has 4 rings (SSSR count). The van der Waals surface area contributed by atoms with E-state index in [1.807, 2.05) is 12.1 Å². The minimum atomic E-state index is -0.302. The first-order valence-electron chi connectivity index (χ1n) is 10.4. The monoisotopic (exact) mass is 432 g/mol. The molecule has 1 fully saturated rings. The van der Waals surface area contributed by atoms with Crippen molar-refractivity contribution in [2.45, 2.75) is 19.8 Å². The van der Waals surface area contributed by atoms with E-state index in [0.717, 1.165) is 12.0 Å². The molecule has 1 aliphatic rings. The van der Waals surface area contributed by atoms with E-state index in [0.29, 0.717) is 42.3 Å². The molecule has 9 nitrogen and oxygen atoms in total. The molecule has 0 aliphatic carbocycles. The molecule has 32 heavy (non-hydrogen) atoms. The number of aromatic amines is 1. The summed E-state index contributed by atoms with van der Waals surface area (Å²) >= 11 is 0. The number of H-pyrrole nitrogens is 1. The Kier molecular flexibility index (Phi) is 6.25. The van der Waals surface area contributed by atoms with Crippen molar-refractivity contribution in [1.29, 1.82) is 0 Å². The maximum absolute atomic E-state index is 13.0. The smallest absolute Gasteiger partial charge is 0.271 e. The van der Waals surface area contributed by atoms with Gasteiger partial charge in [0.1, 0.15) is 5.69 Å². The highest BCUT2D eigenvalue weighted by atomic mass is 16.2. The zero-order valence-electron chi connectivity index (χ0n) is 17.7. The first-order valence-corrected chi connectivity index (χ1v) is 10.4. The summed E-state index contributed by atoms with van der Waals surface area (Å²) in [5, 5.41) is 12.6. The van der Waals surface area contributed by atoms with Crippen LogP contribution in [0.15, 0.2) is 54.9 Å². The van der Waals surface area contributed by atoms with Crippen LogP contribution >= 0.6 is 0 Å². The Morgan fingerprint density at radius 1 is 1.09 bits per heavy atom. The molecule has 0 radical (unpaired) electrons. The number of nitrogens with one attached hydrogen (secondary N) is 3. The molecule has 3 amide bonds. The van der Waals surface area contributed by atoms with Gasteiger partial charge in [0.05, 0.1) is 11.6 Å². The van der Waals surface area contributed by atoms with Gasteiger partial charge in [-0.2, -0.15) is 5.10 Å². The van der Waals surface area contributed by atoms with E-state index in [1.165, 1.54) is 6.92 Å². The lowest BCUT2D eigenvalue weighted by Crippen LogP contribution is -2.43. The summed E-state index contributed by atoms with van der Waals surface area (Å²) in [4.78, 5) is 42.6. The molecule has 164 valence electrons. The van der Waals surface area contributed by atoms with Crippen LogP contribution in [0.5, 0.6) is 0 Å². The number of amides is 3. The Labute approximate surface area is 185 Å². The molecule has 2 aromatic heterocycles. The van der Waals surface area contributed by atoms with E-state index >= 15 is 0 Å². The zero-order valence-corrected chi connectivity index (χ0v) is 17.7. The highest BCUT2D eigenvalue weighted by molar-refractivity contribution is 5.96. The first-order chi connectivity index (χ1) is 15.5. The predicted molar refractivity (Wildman–Crippen MR) is 120 cm³/mol. The fourth-order valence-electron chi connectivity index (χ4n) is 3.72. The Balaban J connectivity index is 1.37. The summed E-state index contributed by atoms with van der Waals surface area (Å²) in [7, 11) is 0. The second kappa shape index (κ2) is 9.42. The summed E-state index contributed by atoms with van der Waals surface area (Å²) in [6.45, 7) is 2.37. The van der Waals surface area contributed by atoms with Crippen molar-refractivity contribution in [3.63, 3.8) is 0 Å². The van der Waals surface area contributed by atoms with Gasteiger partial charge in [0.25, 0.3) is 5.91 Å². The fourth-order valence-corrected chi connectivity index (χ4v) is 3.72. The topological polar surface area (TPSA) is 120 Å². The van der Waals surface area contributed by atoms with Crippen LogP contribution in [-0.4, -0.2) is 50.9 Å². The lowest BCUT2D eigenvalue weighted by Gasteiger charge is -2.31. The summed E-state index contributed by atoms with van der Waals surface area (Å²) in [6, 6.07) is 12.3. The Morgan fingerprint density at radius 3 is 2.53 bits per heavy atom. The summed E-state index contributed by atoms with van der Waals surface area (Å²) in [5.41, 5.74) is 3.16. The number of nitrogens with zero attached hydrogens (tertiary/aromatic N) is 3. The normalized spacial score (nSPS) is 15.8. The van der Waals surface area contributed by atoms with Crippen LogP contribution in [-0.2, 0) is 9.59 Å². The zero-order chi connectivity index (χ0) is 22.5. The van der Waals surface area contributed by atoms with Gasteiger partial charge >= 0.3 is 0 Å². The molecule has 9 heteroatoms. The van der Waals surface area contributed by atoms with Crippen LogP contribution < -0.4 is 10.6 Å². The average Bonchev–Trinajstić information content (AvgIpc) is 3.30. The molecule has 0 bridgehead atoms. The molecular weight excluding hydrogens is 408 g/mol. The number of piperidine rings is 1. The third-order valence-corrected chi connectivity index (χ3v) is 5.32. The van der Waals surface area contributed by atoms with Gasteiger partial charge in [-0.25, -0.2) is 0 Å². The van der Waals surface area contributed by atoms with E-state index in [4.69, 9.17) is 0 Å². The number of aromatic nitrogens is 3. The highest BCUT2D eigenvalue weighted by Gasteiger charge is 2.29. The fraction of sp³-hybridized carbons (Fsp3) is 0.261. The highest BCUT2D eigenvalue weighted by Crippen LogP contribution is 2.22. The van der Waals surface area contributed by atoms with Gasteiger partial charge in [-0.05, 0) is 55.3 Å². The number of benzene rings is 1. The number of likely N-dealkylation sites (tertiary alicyclic amines) is 1. The van der Waals surface area contributed by atoms with E-state index in [9.17, 15) is 14.4 Å². The second-order valence-corrected chi connectivity index (χ2v) is 7.75. The maximum Gasteiger partial charge on any atom is 0.271 e. The van der Waals surface area contributed by atoms with Crippen LogP contribution in [0.4, 0.5) is 11.4 Å². The van der Waals surface area contributed by atoms with Gasteiger partial charge in [0.2, 0.25) is 11.8 Å². The molecule has 1 aromatic carbocycles. The van der Waals surface area contributed by atoms with E-state index in [2.05, 4.69) is 25.8 Å². The number of hydrogen-bond acceptors (Lipinski definition) is 5. The van der Waals surface area contributed by atoms with E-state index in [-0.39, 0.29) is 23.6 Å². The number of carbonyl (C=O) groups excluding carboxylic acids is 3. The predicted octanol–water partition coefficient (Wildman–Crippen LogP) is 2.92. The third kappa shape index (κ3) is 5.00. The van der Waals surface area contributed by atoms with Gasteiger partial charge in [-0.15, -0.1) is 0 Å². The number of pyridine rings is 1. The van der Waals surface area contributed by atoms with Crippen LogP contribution in [0, 0.1) is 5.92 Å². The van der Waals surface area contributed by atoms with Crippen molar-refractivity contribution in [2.75, 3.05) is 23.7 Å². The second-order valence-electron chi connectivity index (χ2n) is 7.75. The molecule has 0 spiro atoms. The van der Waals surface area contributed by atoms with Crippen LogP contribution in [0.2, 0.25) is 0 Å². The minimum absolute atomic E-state index is 0.129. The van der Waals surface area contributed by atoms with Gasteiger partial charge in [0, 0.05) is 49.3 Å². The quantitative estimate of drug-likeness (QED) is 0.573. The average molecular weight is 432 g/mol. The van der Waals surface area contributed by atoms with Gasteiger partial charge in [0.15, 0.2) is 0 Å². The van der Waals surface area contributed by atoms with Crippen LogP contribution in [0.25, 0.3) is 11.3 Å². The largest absolute Gasteiger partial charge is 0.337 e. The van der Waals surface area contributed by atoms with Crippen LogP contribution in [0.1, 0.15) is 30.3 Å². The van der Waals surface area contributed by atoms with Crippen molar-refractivity contribution in [2.24, 2.45) is 5.92 Å². The lowest BCUT2D eigenvalue weighted by atomic mass is 9.96. The molecule has 1 atom stereocenters. The van der Waals surface area contributed by atoms with Crippen LogP contribution in [0.3, 0.4) is 0 Å². The van der Waals surface area contributed by atoms with Crippen molar-refractivity contribution in [3.8, 4) is 11.3 Å². The van der Waals surface area contributed by atoms with Crippen molar-refractivity contribution in [3.05, 3.63) is 60.6 Å². The first kappa shape index (κ1) is 21.2. The van der Waals surface area contributed by atoms with Crippen molar-refractivity contribution >= 4 is 29.1 Å². The van der Waals surface area contributed by atoms with Crippen molar-refractivity contribution < 1.29 is 14.4 Å². The molecule has 3 heterocycles. The van der Waals surface area contributed by atoms with Gasteiger partial charge in [-0.1, -0.05) is 0 Å². The number of carbonyl (C=O) groups is 3. The third-order valence-electron chi connectivity index (χ3n) is 5.32. The molecular formula is C23H24N6O3. The summed E-state index contributed by atoms with van der Waals surface area (Å²) in [6.07, 6.45) is 4.82. The minimum Gasteiger partial charge on any atom is -0.337 e. The van der Waals surface area contributed by atoms with E-state index in [1.54, 1.807) is 47.6 Å². The molecule has 1 aliphatic heterocycles. The van der Waals surface area contributed by atoms with Crippen molar-refractivity contribution in [1.82, 2.24) is 20.1 Å². The van der Waals surface area contributed by atoms with Gasteiger partial charge in [-0.3, -0.25) is 24.5 Å². The summed E-state index contributed by atoms with van der Waals surface area (Å²) < 4.78 is 0. The number of hydrogen-bond donors (Lipinski definition) is 3. The molecule has 0 saturated carbocycles. The molecule has 1 saturated heterocycles. The van der Waals surface area contributed by atoms with E-state index < -0.39 is 0 Å². The molecule has 3 aromatic rings. The standard InChI is InChI=1S/C23H24N6O3/c1-15(30)25-18-6-8-19(9-7-18)26-22(31)17-5-3-11-29(14-17)23(32)21-12-20(27-28-21)16-4-2-10-24-13-16/h2,4,6-10,12-13,17H,3,5,11,14H2,1H3,(H,25,30)(H,26,31)(H,27,28)/t17-/m1/s1. The molecule has 3 N–H and O–H groups in total. The summed E-state index contributed by atoms with van der Waals surface area (Å²) in [5.74, 6) is -0.762. The van der Waals surface area contributed by atoms with Gasteiger partial charge < -0.3 is 15.5 Å². The Hall–Kier alpha value is -4.01.